The maximum absolute atomic E-state index is 13.2. The summed E-state index contributed by atoms with van der Waals surface area (Å²) in [7, 11) is 0. The summed E-state index contributed by atoms with van der Waals surface area (Å²) in [6, 6.07) is 10.1. The summed E-state index contributed by atoms with van der Waals surface area (Å²) >= 11 is 5.68. The van der Waals surface area contributed by atoms with E-state index < -0.39 is 23.8 Å². The largest absolute Gasteiger partial charge is 0.379 e. The Morgan fingerprint density at radius 3 is 1.64 bits per heavy atom. The lowest BCUT2D eigenvalue weighted by Gasteiger charge is -2.26. The van der Waals surface area contributed by atoms with Crippen LogP contribution in [0.25, 0.3) is 32.7 Å². The summed E-state index contributed by atoms with van der Waals surface area (Å²) in [6.07, 6.45) is 13.2. The van der Waals surface area contributed by atoms with Gasteiger partial charge in [-0.05, 0) is 49.7 Å². The molecule has 1 saturated heterocycles. The number of nitrogens with zero attached hydrogens (tertiary/aromatic N) is 12. The van der Waals surface area contributed by atoms with E-state index in [9.17, 15) is 17.6 Å². The number of nitrogens with one attached hydrogen (secondary N) is 2. The van der Waals surface area contributed by atoms with Gasteiger partial charge in [-0.3, -0.25) is 9.88 Å². The van der Waals surface area contributed by atoms with Gasteiger partial charge in [0, 0.05) is 49.9 Å². The average molecular weight is 815 g/mol. The summed E-state index contributed by atoms with van der Waals surface area (Å²) in [4.78, 5) is 45.3. The lowest BCUT2D eigenvalue weighted by Crippen LogP contribution is -2.36. The predicted octanol–water partition coefficient (Wildman–Crippen LogP) is 7.32. The molecule has 0 aliphatic carbocycles. The molecule has 0 radical (unpaired) electrons. The quantitative estimate of drug-likeness (QED) is 0.0885. The Morgan fingerprint density at radius 2 is 1.07 bits per heavy atom. The number of anilines is 4. The molecule has 0 unspecified atom stereocenters. The second-order valence-electron chi connectivity index (χ2n) is 12.4. The second-order valence-corrected chi connectivity index (χ2v) is 12.8. The first-order chi connectivity index (χ1) is 28.3. The van der Waals surface area contributed by atoms with Crippen LogP contribution in [0.5, 0.6) is 0 Å². The summed E-state index contributed by atoms with van der Waals surface area (Å²) in [5.74, 6) is -1.24. The Labute approximate surface area is 335 Å². The minimum absolute atomic E-state index is 0. The molecule has 1 aliphatic rings. The molecule has 1 fully saturated rings. The lowest BCUT2D eigenvalue weighted by atomic mass is 10.1. The molecule has 9 rings (SSSR count). The molecule has 1 aliphatic heterocycles. The van der Waals surface area contributed by atoms with E-state index in [1.807, 2.05) is 6.07 Å². The Kier molecular flexibility index (Phi) is 12.9. The first-order valence-electron chi connectivity index (χ1n) is 17.6. The van der Waals surface area contributed by atoms with Gasteiger partial charge in [0.2, 0.25) is 23.8 Å². The van der Waals surface area contributed by atoms with Crippen LogP contribution in [-0.2, 0) is 11.2 Å². The number of morpholine rings is 1. The SMILES string of the molecule is Fc1cc2c(Cl)ncnc2cn1.Fc1ccc(Nc2ncnc3cnc(CCCN4CCOCC4)cc23)cn1.Fc1ccc(Nc2ncnc3cnc(F)cc23)cn1.[HH].[HH]. The highest BCUT2D eigenvalue weighted by Crippen LogP contribution is 2.24. The number of aromatic nitrogens is 11. The number of ether oxygens (including phenoxy) is 1. The van der Waals surface area contributed by atoms with Gasteiger partial charge in [-0.1, -0.05) is 11.6 Å². The molecule has 58 heavy (non-hydrogen) atoms. The van der Waals surface area contributed by atoms with Gasteiger partial charge >= 0.3 is 0 Å². The van der Waals surface area contributed by atoms with Crippen molar-refractivity contribution < 1.29 is 25.2 Å². The van der Waals surface area contributed by atoms with Crippen LogP contribution in [0.1, 0.15) is 15.0 Å². The van der Waals surface area contributed by atoms with Crippen molar-refractivity contribution in [3.8, 4) is 0 Å². The monoisotopic (exact) mass is 814 g/mol. The highest BCUT2D eigenvalue weighted by molar-refractivity contribution is 6.33. The van der Waals surface area contributed by atoms with Gasteiger partial charge in [0.05, 0.1) is 72.1 Å². The minimum Gasteiger partial charge on any atom is -0.379 e. The molecule has 0 amide bonds. The van der Waals surface area contributed by atoms with Crippen molar-refractivity contribution in [1.82, 2.24) is 59.7 Å². The van der Waals surface area contributed by atoms with Crippen LogP contribution in [0.2, 0.25) is 5.15 Å². The molecule has 9 heterocycles. The average Bonchev–Trinajstić information content (AvgIpc) is 3.24. The van der Waals surface area contributed by atoms with Crippen molar-refractivity contribution in [2.45, 2.75) is 12.8 Å². The maximum Gasteiger partial charge on any atom is 0.213 e. The van der Waals surface area contributed by atoms with Crippen LogP contribution in [0.4, 0.5) is 40.6 Å². The van der Waals surface area contributed by atoms with Crippen LogP contribution >= 0.6 is 11.6 Å². The van der Waals surface area contributed by atoms with Gasteiger partial charge in [0.15, 0.2) is 0 Å². The van der Waals surface area contributed by atoms with Crippen molar-refractivity contribution in [3.63, 3.8) is 0 Å². The van der Waals surface area contributed by atoms with Crippen molar-refractivity contribution in [1.29, 1.82) is 0 Å². The zero-order valence-corrected chi connectivity index (χ0v) is 31.0. The summed E-state index contributed by atoms with van der Waals surface area (Å²) in [5.41, 5.74) is 4.02. The second kappa shape index (κ2) is 19.0. The summed E-state index contributed by atoms with van der Waals surface area (Å²) in [6.45, 7) is 4.68. The Balaban J connectivity index is 0.000000180. The van der Waals surface area contributed by atoms with E-state index in [2.05, 4.69) is 70.4 Å². The van der Waals surface area contributed by atoms with Crippen LogP contribution in [0, 0.1) is 23.8 Å². The molecule has 0 saturated carbocycles. The molecule has 2 N–H and O–H groups in total. The molecule has 8 aromatic rings. The normalized spacial score (nSPS) is 12.7. The molecule has 0 spiro atoms. The fourth-order valence-corrected chi connectivity index (χ4v) is 5.85. The number of hydrogen-bond acceptors (Lipinski definition) is 15. The minimum atomic E-state index is -0.623. The Morgan fingerprint density at radius 1 is 0.569 bits per heavy atom. The topological polar surface area (TPSA) is 178 Å². The highest BCUT2D eigenvalue weighted by atomic mass is 35.5. The fourth-order valence-electron chi connectivity index (χ4n) is 5.66. The number of rotatable bonds is 8. The van der Waals surface area contributed by atoms with E-state index in [1.165, 1.54) is 74.1 Å². The summed E-state index contributed by atoms with van der Waals surface area (Å²) < 4.78 is 56.8. The Bertz CT molecular complexity index is 2640. The Hall–Kier alpha value is -6.70. The van der Waals surface area contributed by atoms with Crippen LogP contribution < -0.4 is 10.6 Å². The van der Waals surface area contributed by atoms with E-state index in [0.717, 1.165) is 62.3 Å². The third-order valence-electron chi connectivity index (χ3n) is 8.50. The van der Waals surface area contributed by atoms with Gasteiger partial charge in [0.1, 0.15) is 35.8 Å². The van der Waals surface area contributed by atoms with E-state index in [4.69, 9.17) is 16.3 Å². The molecule has 0 aromatic carbocycles. The first kappa shape index (κ1) is 39.5. The number of pyridine rings is 5. The van der Waals surface area contributed by atoms with Crippen LogP contribution in [0.15, 0.2) is 92.4 Å². The molecule has 8 aromatic heterocycles. The molecule has 20 heteroatoms. The van der Waals surface area contributed by atoms with E-state index in [0.29, 0.717) is 44.8 Å². The fraction of sp³-hybridized carbons (Fsp3) is 0.184. The predicted molar refractivity (Wildman–Crippen MR) is 212 cm³/mol. The molecule has 0 atom stereocenters. The zero-order chi connectivity index (χ0) is 40.3. The molecule has 298 valence electrons. The third-order valence-corrected chi connectivity index (χ3v) is 8.80. The number of hydrogen-bond donors (Lipinski definition) is 2. The van der Waals surface area contributed by atoms with E-state index in [-0.39, 0.29) is 8.01 Å². The third kappa shape index (κ3) is 10.6. The van der Waals surface area contributed by atoms with Crippen molar-refractivity contribution in [2.75, 3.05) is 43.5 Å². The first-order valence-corrected chi connectivity index (χ1v) is 18.0. The van der Waals surface area contributed by atoms with Crippen molar-refractivity contribution >= 4 is 67.3 Å². The lowest BCUT2D eigenvalue weighted by molar-refractivity contribution is 0.0374. The van der Waals surface area contributed by atoms with E-state index >= 15 is 0 Å². The van der Waals surface area contributed by atoms with Gasteiger partial charge in [-0.25, -0.2) is 49.8 Å². The number of aryl methyl sites for hydroxylation is 1. The summed E-state index contributed by atoms with van der Waals surface area (Å²) in [5, 5.41) is 8.19. The van der Waals surface area contributed by atoms with Gasteiger partial charge < -0.3 is 15.4 Å². The standard InChI is InChI=1S/C19H21FN6O.C12H7F2N5.C7H3ClFN3.2H2/c20-18-4-3-15(11-22-18)25-19-16-10-14(21-12-17(16)23-13-24-19)2-1-5-26-6-8-27-9-7-26;13-10-2-1-7(4-15-10)19-12-8-3-11(14)16-5-9(8)17-6-18-12;8-7-4-1-6(9)10-2-5(4)11-3-12-7;;/h3-4,10-13H,1-2,5-9H2,(H,23,24,25);1-6H,(H,17,18,19);1-3H;2*1H. The maximum atomic E-state index is 13.2. The van der Waals surface area contributed by atoms with Gasteiger partial charge in [-0.2, -0.15) is 17.6 Å². The smallest absolute Gasteiger partial charge is 0.213 e. The highest BCUT2D eigenvalue weighted by Gasteiger charge is 2.12. The molecular formula is C38H35ClF4N14O. The van der Waals surface area contributed by atoms with E-state index in [1.54, 1.807) is 12.3 Å². The molecular weight excluding hydrogens is 780 g/mol. The zero-order valence-electron chi connectivity index (χ0n) is 30.3. The van der Waals surface area contributed by atoms with Gasteiger partial charge in [0.25, 0.3) is 0 Å². The molecule has 0 bridgehead atoms. The van der Waals surface area contributed by atoms with Crippen molar-refractivity contribution in [3.05, 3.63) is 127 Å². The number of fused-ring (bicyclic) bond motifs is 3. The van der Waals surface area contributed by atoms with Crippen LogP contribution in [0.3, 0.4) is 0 Å². The van der Waals surface area contributed by atoms with Gasteiger partial charge in [-0.15, -0.1) is 0 Å². The number of halogens is 5. The van der Waals surface area contributed by atoms with Crippen molar-refractivity contribution in [2.24, 2.45) is 0 Å². The van der Waals surface area contributed by atoms with Crippen LogP contribution in [-0.4, -0.2) is 92.6 Å². The molecule has 15 nitrogen and oxygen atoms in total.